The maximum atomic E-state index is 12.4. The highest BCUT2D eigenvalue weighted by Gasteiger charge is 2.26. The first-order valence-electron chi connectivity index (χ1n) is 11.9. The number of halogens is 3. The molecule has 1 aliphatic rings. The first-order valence-corrected chi connectivity index (χ1v) is 11.9. The van der Waals surface area contributed by atoms with Crippen LogP contribution in [0.4, 0.5) is 19.1 Å². The average Bonchev–Trinajstić information content (AvgIpc) is 3.26. The van der Waals surface area contributed by atoms with Crippen molar-refractivity contribution in [2.45, 2.75) is 57.7 Å². The summed E-state index contributed by atoms with van der Waals surface area (Å²) in [6.45, 7) is 2.26. The van der Waals surface area contributed by atoms with Gasteiger partial charge in [0.05, 0.1) is 12.1 Å². The molecule has 0 radical (unpaired) electrons. The molecule has 0 atom stereocenters. The van der Waals surface area contributed by atoms with Gasteiger partial charge in [-0.05, 0) is 62.3 Å². The summed E-state index contributed by atoms with van der Waals surface area (Å²) >= 11 is 0. The van der Waals surface area contributed by atoms with Crippen molar-refractivity contribution < 1.29 is 22.7 Å². The van der Waals surface area contributed by atoms with Gasteiger partial charge in [0.25, 0.3) is 0 Å². The molecule has 4 rings (SSSR count). The zero-order valence-electron chi connectivity index (χ0n) is 19.6. The number of nitrogens with zero attached hydrogens (tertiary/aromatic N) is 3. The Morgan fingerprint density at radius 2 is 1.97 bits per heavy atom. The first-order chi connectivity index (χ1) is 16.8. The number of hydrogen-bond acceptors (Lipinski definition) is 5. The lowest BCUT2D eigenvalue weighted by molar-refractivity contribution is -0.136. The van der Waals surface area contributed by atoms with Crippen LogP contribution in [0.3, 0.4) is 0 Å². The number of nitrogens with one attached hydrogen (secondary N) is 2. The molecule has 7 nitrogen and oxygen atoms in total. The molecular weight excluding hydrogens is 459 g/mol. The number of benzene rings is 1. The van der Waals surface area contributed by atoms with Crippen LogP contribution in [0, 0.1) is 5.92 Å². The van der Waals surface area contributed by atoms with Crippen molar-refractivity contribution in [2.24, 2.45) is 5.92 Å². The van der Waals surface area contributed by atoms with Crippen LogP contribution < -0.4 is 15.4 Å². The summed E-state index contributed by atoms with van der Waals surface area (Å²) in [4.78, 5) is 20.2. The van der Waals surface area contributed by atoms with E-state index in [9.17, 15) is 18.0 Å². The van der Waals surface area contributed by atoms with Crippen LogP contribution in [0.2, 0.25) is 0 Å². The largest absolute Gasteiger partial charge is 0.493 e. The summed E-state index contributed by atoms with van der Waals surface area (Å²) in [5, 5.41) is 7.15. The molecule has 1 aromatic carbocycles. The Hall–Kier alpha value is -3.30. The van der Waals surface area contributed by atoms with Crippen LogP contribution in [0.1, 0.15) is 45.4 Å². The van der Waals surface area contributed by atoms with E-state index in [-0.39, 0.29) is 25.0 Å². The van der Waals surface area contributed by atoms with Crippen LogP contribution in [-0.2, 0) is 4.79 Å². The number of ether oxygens (including phenoxy) is 1. The topological polar surface area (TPSA) is 81.1 Å². The third-order valence-corrected chi connectivity index (χ3v) is 6.26. The molecule has 3 aromatic rings. The van der Waals surface area contributed by atoms with Crippen molar-refractivity contribution in [3.63, 3.8) is 0 Å². The van der Waals surface area contributed by atoms with Gasteiger partial charge in [-0.15, -0.1) is 0 Å². The summed E-state index contributed by atoms with van der Waals surface area (Å²) < 4.78 is 44.7. The first kappa shape index (κ1) is 24.8. The average molecular weight is 490 g/mol. The van der Waals surface area contributed by atoms with Gasteiger partial charge in [-0.3, -0.25) is 4.79 Å². The second kappa shape index (κ2) is 11.0. The van der Waals surface area contributed by atoms with E-state index in [0.29, 0.717) is 23.4 Å². The molecule has 0 saturated heterocycles. The molecule has 1 aliphatic carbocycles. The third kappa shape index (κ3) is 6.86. The fraction of sp³-hybridized carbons (Fsp3) is 0.480. The standard InChI is InChI=1S/C25H30F3N5O2/c1-17(34)30-16-18-6-8-19(9-7-18)31-24-29-13-10-23(32-24)33-14-11-20-21(33)4-2-5-22(20)35-15-3-12-25(26,27)28/h2,4-5,10-11,13-14,18-19H,3,6-9,12,15-16H2,1H3,(H,30,34)(H,29,31,32)/t18-,19-. The molecule has 1 fully saturated rings. The van der Waals surface area contributed by atoms with E-state index in [1.165, 1.54) is 6.92 Å². The molecule has 0 spiro atoms. The van der Waals surface area contributed by atoms with Gasteiger partial charge in [0.1, 0.15) is 11.6 Å². The number of fused-ring (bicyclic) bond motifs is 1. The number of carbonyl (C=O) groups excluding carboxylic acids is 1. The lowest BCUT2D eigenvalue weighted by Gasteiger charge is -2.29. The summed E-state index contributed by atoms with van der Waals surface area (Å²) in [5.74, 6) is 2.29. The summed E-state index contributed by atoms with van der Waals surface area (Å²) in [5.41, 5.74) is 0.849. The Morgan fingerprint density at radius 1 is 1.17 bits per heavy atom. The molecule has 1 amide bonds. The number of hydrogen-bond donors (Lipinski definition) is 2. The molecule has 2 heterocycles. The molecule has 10 heteroatoms. The number of amides is 1. The maximum Gasteiger partial charge on any atom is 0.389 e. The van der Waals surface area contributed by atoms with E-state index in [2.05, 4.69) is 20.6 Å². The second-order valence-electron chi connectivity index (χ2n) is 8.98. The number of alkyl halides is 3. The van der Waals surface area contributed by atoms with Crippen LogP contribution in [-0.4, -0.2) is 45.8 Å². The highest BCUT2D eigenvalue weighted by Crippen LogP contribution is 2.30. The predicted octanol–water partition coefficient (Wildman–Crippen LogP) is 5.25. The monoisotopic (exact) mass is 489 g/mol. The van der Waals surface area contributed by atoms with Crippen molar-refractivity contribution in [3.8, 4) is 11.6 Å². The molecule has 35 heavy (non-hydrogen) atoms. The predicted molar refractivity (Wildman–Crippen MR) is 128 cm³/mol. The second-order valence-corrected chi connectivity index (χ2v) is 8.98. The van der Waals surface area contributed by atoms with E-state index in [1.807, 2.05) is 35.0 Å². The Morgan fingerprint density at radius 3 is 2.71 bits per heavy atom. The summed E-state index contributed by atoms with van der Waals surface area (Å²) in [7, 11) is 0. The van der Waals surface area contributed by atoms with Crippen LogP contribution in [0.5, 0.6) is 5.75 Å². The van der Waals surface area contributed by atoms with Gasteiger partial charge in [0, 0.05) is 43.7 Å². The van der Waals surface area contributed by atoms with Gasteiger partial charge >= 0.3 is 6.18 Å². The van der Waals surface area contributed by atoms with E-state index >= 15 is 0 Å². The van der Waals surface area contributed by atoms with Gasteiger partial charge < -0.3 is 19.9 Å². The molecule has 188 valence electrons. The van der Waals surface area contributed by atoms with Gasteiger partial charge in [0.15, 0.2) is 0 Å². The molecule has 1 saturated carbocycles. The van der Waals surface area contributed by atoms with Crippen molar-refractivity contribution in [1.29, 1.82) is 0 Å². The van der Waals surface area contributed by atoms with Crippen molar-refractivity contribution in [2.75, 3.05) is 18.5 Å². The molecule has 2 N–H and O–H groups in total. The fourth-order valence-electron chi connectivity index (χ4n) is 4.45. The summed E-state index contributed by atoms with van der Waals surface area (Å²) in [6.07, 6.45) is 2.48. The molecule has 2 aromatic heterocycles. The number of anilines is 1. The number of rotatable bonds is 9. The van der Waals surface area contributed by atoms with Crippen molar-refractivity contribution in [1.82, 2.24) is 19.9 Å². The molecule has 0 aliphatic heterocycles. The van der Waals surface area contributed by atoms with Gasteiger partial charge in [-0.25, -0.2) is 4.98 Å². The minimum atomic E-state index is -4.18. The Bertz CT molecular complexity index is 1140. The van der Waals surface area contributed by atoms with Crippen LogP contribution in [0.15, 0.2) is 42.7 Å². The van der Waals surface area contributed by atoms with Crippen LogP contribution in [0.25, 0.3) is 16.7 Å². The van der Waals surface area contributed by atoms with Gasteiger partial charge in [-0.1, -0.05) is 6.07 Å². The Kier molecular flexibility index (Phi) is 7.77. The third-order valence-electron chi connectivity index (χ3n) is 6.26. The quantitative estimate of drug-likeness (QED) is 0.402. The fourth-order valence-corrected chi connectivity index (χ4v) is 4.45. The molecule has 0 unspecified atom stereocenters. The zero-order chi connectivity index (χ0) is 24.8. The number of carbonyl (C=O) groups is 1. The van der Waals surface area contributed by atoms with Crippen LogP contribution >= 0.6 is 0 Å². The Balaban J connectivity index is 1.40. The zero-order valence-corrected chi connectivity index (χ0v) is 19.6. The maximum absolute atomic E-state index is 12.4. The lowest BCUT2D eigenvalue weighted by atomic mass is 9.86. The van der Waals surface area contributed by atoms with E-state index in [1.54, 1.807) is 12.3 Å². The normalized spacial score (nSPS) is 18.4. The SMILES string of the molecule is CC(=O)NC[C@H]1CC[C@H](Nc2nccc(-n3ccc4c(OCCCC(F)(F)F)cccc43)n2)CC1. The van der Waals surface area contributed by atoms with E-state index in [4.69, 9.17) is 4.74 Å². The Labute approximate surface area is 202 Å². The highest BCUT2D eigenvalue weighted by atomic mass is 19.4. The van der Waals surface area contributed by atoms with E-state index in [0.717, 1.165) is 43.1 Å². The van der Waals surface area contributed by atoms with E-state index < -0.39 is 12.6 Å². The minimum Gasteiger partial charge on any atom is -0.493 e. The van der Waals surface area contributed by atoms with Gasteiger partial charge in [-0.2, -0.15) is 18.2 Å². The molecular formula is C25H30F3N5O2. The summed E-state index contributed by atoms with van der Waals surface area (Å²) in [6, 6.07) is 9.46. The minimum absolute atomic E-state index is 0.00155. The molecule has 0 bridgehead atoms. The smallest absolute Gasteiger partial charge is 0.389 e. The number of aromatic nitrogens is 3. The van der Waals surface area contributed by atoms with Crippen molar-refractivity contribution >= 4 is 22.8 Å². The van der Waals surface area contributed by atoms with Gasteiger partial charge in [0.2, 0.25) is 11.9 Å². The lowest BCUT2D eigenvalue weighted by Crippen LogP contribution is -2.33. The highest BCUT2D eigenvalue weighted by molar-refractivity contribution is 5.87. The van der Waals surface area contributed by atoms with Crippen molar-refractivity contribution in [3.05, 3.63) is 42.7 Å².